The van der Waals surface area contributed by atoms with Crippen molar-refractivity contribution in [3.63, 3.8) is 0 Å². The average molecular weight is 338 g/mol. The highest BCUT2D eigenvalue weighted by atomic mass is 19.1. The topological polar surface area (TPSA) is 50.2 Å². The van der Waals surface area contributed by atoms with Crippen molar-refractivity contribution in [2.45, 2.75) is 12.1 Å². The molecule has 1 fully saturated rings. The molecule has 1 aromatic heterocycles. The number of aryl methyl sites for hydroxylation is 1. The number of anilines is 1. The molecule has 1 N–H and O–H groups in total. The maximum atomic E-state index is 14.4. The number of amides is 2. The van der Waals surface area contributed by atoms with Crippen LogP contribution in [0.25, 0.3) is 10.9 Å². The largest absolute Gasteiger partial charge is 0.321 e. The molecule has 2 atom stereocenters. The van der Waals surface area contributed by atoms with E-state index in [2.05, 4.69) is 10.4 Å². The number of rotatable bonds is 2. The molecule has 3 aromatic rings. The molecular formula is C19H19FN4O. The van der Waals surface area contributed by atoms with Gasteiger partial charge in [-0.2, -0.15) is 5.10 Å². The van der Waals surface area contributed by atoms with E-state index in [4.69, 9.17) is 0 Å². The van der Waals surface area contributed by atoms with Crippen LogP contribution >= 0.6 is 0 Å². The second-order valence-corrected chi connectivity index (χ2v) is 6.41. The first-order chi connectivity index (χ1) is 12.1. The lowest BCUT2D eigenvalue weighted by Gasteiger charge is -2.17. The summed E-state index contributed by atoms with van der Waals surface area (Å²) in [7, 11) is 1.85. The van der Waals surface area contributed by atoms with Crippen molar-refractivity contribution in [1.82, 2.24) is 14.7 Å². The van der Waals surface area contributed by atoms with Crippen LogP contribution in [-0.4, -0.2) is 40.0 Å². The van der Waals surface area contributed by atoms with Crippen molar-refractivity contribution in [1.29, 1.82) is 0 Å². The van der Waals surface area contributed by atoms with Gasteiger partial charge in [0.25, 0.3) is 0 Å². The van der Waals surface area contributed by atoms with Gasteiger partial charge in [0.2, 0.25) is 0 Å². The Balaban J connectivity index is 1.48. The first-order valence-electron chi connectivity index (χ1n) is 8.28. The average Bonchev–Trinajstić information content (AvgIpc) is 3.19. The van der Waals surface area contributed by atoms with Gasteiger partial charge in [-0.25, -0.2) is 9.18 Å². The van der Waals surface area contributed by atoms with Crippen LogP contribution in [0, 0.1) is 0 Å². The van der Waals surface area contributed by atoms with Crippen LogP contribution in [0.4, 0.5) is 14.9 Å². The lowest BCUT2D eigenvalue weighted by Crippen LogP contribution is -2.33. The molecular weight excluding hydrogens is 319 g/mol. The van der Waals surface area contributed by atoms with Crippen molar-refractivity contribution >= 4 is 22.6 Å². The first-order valence-corrected chi connectivity index (χ1v) is 8.28. The molecule has 1 aliphatic heterocycles. The Morgan fingerprint density at radius 3 is 2.80 bits per heavy atom. The lowest BCUT2D eigenvalue weighted by atomic mass is 9.97. The molecule has 1 aliphatic rings. The second kappa shape index (κ2) is 6.20. The van der Waals surface area contributed by atoms with Gasteiger partial charge in [0.05, 0.1) is 18.3 Å². The number of carbonyl (C=O) groups excluding carboxylic acids is 1. The molecule has 0 bridgehead atoms. The zero-order valence-electron chi connectivity index (χ0n) is 13.9. The summed E-state index contributed by atoms with van der Waals surface area (Å²) in [5.41, 5.74) is 2.55. The van der Waals surface area contributed by atoms with Crippen molar-refractivity contribution in [3.05, 3.63) is 60.3 Å². The van der Waals surface area contributed by atoms with E-state index in [0.29, 0.717) is 12.2 Å². The van der Waals surface area contributed by atoms with Crippen LogP contribution in [0.3, 0.4) is 0 Å². The Hall–Kier alpha value is -2.89. The number of carbonyl (C=O) groups is 1. The minimum atomic E-state index is -1.05. The first kappa shape index (κ1) is 15.6. The number of aromatic nitrogens is 2. The highest BCUT2D eigenvalue weighted by Gasteiger charge is 2.36. The number of fused-ring (bicyclic) bond motifs is 1. The molecule has 0 spiro atoms. The summed E-state index contributed by atoms with van der Waals surface area (Å²) in [5, 5.41) is 8.06. The number of hydrogen-bond donors (Lipinski definition) is 1. The lowest BCUT2D eigenvalue weighted by molar-refractivity contribution is 0.218. The predicted octanol–water partition coefficient (Wildman–Crippen LogP) is 3.54. The smallest absolute Gasteiger partial charge is 0.321 e. The summed E-state index contributed by atoms with van der Waals surface area (Å²) in [6, 6.07) is 14.9. The highest BCUT2D eigenvalue weighted by molar-refractivity contribution is 5.92. The fraction of sp³-hybridized carbons (Fsp3) is 0.263. The number of halogens is 1. The van der Waals surface area contributed by atoms with E-state index < -0.39 is 6.17 Å². The molecule has 2 amide bonds. The summed E-state index contributed by atoms with van der Waals surface area (Å²) in [4.78, 5) is 14.1. The summed E-state index contributed by atoms with van der Waals surface area (Å²) in [6.45, 7) is 0.490. The second-order valence-electron chi connectivity index (χ2n) is 6.41. The SMILES string of the molecule is Cn1ncc2ccc(NC(=O)N3C[C@@H](F)[C@@H](c4ccccc4)C3)cc21. The predicted molar refractivity (Wildman–Crippen MR) is 95.4 cm³/mol. The molecule has 0 radical (unpaired) electrons. The Kier molecular flexibility index (Phi) is 3.87. The zero-order valence-corrected chi connectivity index (χ0v) is 13.9. The number of benzene rings is 2. The maximum Gasteiger partial charge on any atom is 0.321 e. The van der Waals surface area contributed by atoms with Gasteiger partial charge in [-0.15, -0.1) is 0 Å². The van der Waals surface area contributed by atoms with E-state index in [-0.39, 0.29) is 18.5 Å². The van der Waals surface area contributed by atoms with Crippen molar-refractivity contribution in [3.8, 4) is 0 Å². The number of hydrogen-bond acceptors (Lipinski definition) is 2. The molecule has 6 heteroatoms. The fourth-order valence-electron chi connectivity index (χ4n) is 3.37. The zero-order chi connectivity index (χ0) is 17.4. The van der Waals surface area contributed by atoms with Gasteiger partial charge in [0, 0.05) is 30.6 Å². The summed E-state index contributed by atoms with van der Waals surface area (Å²) in [5.74, 6) is -0.272. The molecule has 0 saturated carbocycles. The van der Waals surface area contributed by atoms with Crippen molar-refractivity contribution in [2.75, 3.05) is 18.4 Å². The quantitative estimate of drug-likeness (QED) is 0.777. The monoisotopic (exact) mass is 338 g/mol. The minimum Gasteiger partial charge on any atom is -0.321 e. The summed E-state index contributed by atoms with van der Waals surface area (Å²) >= 11 is 0. The van der Waals surface area contributed by atoms with Crippen LogP contribution in [0.1, 0.15) is 11.5 Å². The van der Waals surface area contributed by atoms with Gasteiger partial charge < -0.3 is 10.2 Å². The van der Waals surface area contributed by atoms with Gasteiger partial charge in [-0.1, -0.05) is 30.3 Å². The van der Waals surface area contributed by atoms with Crippen LogP contribution < -0.4 is 5.32 Å². The highest BCUT2D eigenvalue weighted by Crippen LogP contribution is 2.30. The third-order valence-electron chi connectivity index (χ3n) is 4.76. The third-order valence-corrected chi connectivity index (χ3v) is 4.76. The molecule has 5 nitrogen and oxygen atoms in total. The Morgan fingerprint density at radius 2 is 2.00 bits per heavy atom. The Labute approximate surface area is 145 Å². The molecule has 2 aromatic carbocycles. The van der Waals surface area contributed by atoms with Gasteiger partial charge in [0.1, 0.15) is 6.17 Å². The van der Waals surface area contributed by atoms with Gasteiger partial charge in [-0.05, 0) is 23.8 Å². The van der Waals surface area contributed by atoms with E-state index >= 15 is 0 Å². The number of nitrogens with zero attached hydrogens (tertiary/aromatic N) is 3. The van der Waals surface area contributed by atoms with Gasteiger partial charge in [-0.3, -0.25) is 4.68 Å². The normalized spacial score (nSPS) is 20.2. The number of nitrogens with one attached hydrogen (secondary N) is 1. The number of likely N-dealkylation sites (tertiary alicyclic amines) is 1. The Bertz CT molecular complexity index is 908. The van der Waals surface area contributed by atoms with Crippen LogP contribution in [-0.2, 0) is 7.05 Å². The van der Waals surface area contributed by atoms with E-state index in [9.17, 15) is 9.18 Å². The minimum absolute atomic E-state index is 0.110. The van der Waals surface area contributed by atoms with Crippen LogP contribution in [0.15, 0.2) is 54.7 Å². The summed E-state index contributed by atoms with van der Waals surface area (Å²) < 4.78 is 16.2. The van der Waals surface area contributed by atoms with Crippen LogP contribution in [0.5, 0.6) is 0 Å². The molecule has 2 heterocycles. The summed E-state index contributed by atoms with van der Waals surface area (Å²) in [6.07, 6.45) is 0.729. The van der Waals surface area contributed by atoms with E-state index in [1.165, 1.54) is 4.90 Å². The maximum absolute atomic E-state index is 14.4. The van der Waals surface area contributed by atoms with Crippen molar-refractivity contribution in [2.24, 2.45) is 7.05 Å². The van der Waals surface area contributed by atoms with E-state index in [1.54, 1.807) is 10.9 Å². The Morgan fingerprint density at radius 1 is 1.20 bits per heavy atom. The molecule has 128 valence electrons. The molecule has 0 aliphatic carbocycles. The standard InChI is InChI=1S/C19H19FN4O/c1-23-18-9-15(8-7-14(18)10-21-23)22-19(25)24-11-16(17(20)12-24)13-5-3-2-4-6-13/h2-10,16-17H,11-12H2,1H3,(H,22,25)/t16-,17-/m1/s1. The fourth-order valence-corrected chi connectivity index (χ4v) is 3.37. The number of urea groups is 1. The van der Waals surface area contributed by atoms with Crippen LogP contribution in [0.2, 0.25) is 0 Å². The van der Waals surface area contributed by atoms with Gasteiger partial charge in [0.15, 0.2) is 0 Å². The molecule has 4 rings (SSSR count). The van der Waals surface area contributed by atoms with E-state index in [0.717, 1.165) is 16.5 Å². The third kappa shape index (κ3) is 2.95. The molecule has 1 saturated heterocycles. The van der Waals surface area contributed by atoms with Crippen molar-refractivity contribution < 1.29 is 9.18 Å². The molecule has 25 heavy (non-hydrogen) atoms. The molecule has 0 unspecified atom stereocenters. The van der Waals surface area contributed by atoms with E-state index in [1.807, 2.05) is 55.6 Å². The van der Waals surface area contributed by atoms with Gasteiger partial charge >= 0.3 is 6.03 Å². The number of alkyl halides is 1.